The first-order valence-corrected chi connectivity index (χ1v) is 12.1. The van der Waals surface area contributed by atoms with Gasteiger partial charge in [0.05, 0.1) is 17.2 Å². The second-order valence-electron chi connectivity index (χ2n) is 8.63. The van der Waals surface area contributed by atoms with Gasteiger partial charge >= 0.3 is 5.97 Å². The predicted octanol–water partition coefficient (Wildman–Crippen LogP) is 4.84. The molecule has 0 aliphatic carbocycles. The van der Waals surface area contributed by atoms with Crippen LogP contribution in [-0.4, -0.2) is 35.1 Å². The van der Waals surface area contributed by atoms with E-state index in [9.17, 15) is 23.5 Å². The molecule has 0 fully saturated rings. The molecule has 1 atom stereocenters. The van der Waals surface area contributed by atoms with E-state index in [1.165, 1.54) is 18.2 Å². The highest BCUT2D eigenvalue weighted by Gasteiger charge is 2.19. The van der Waals surface area contributed by atoms with Crippen LogP contribution in [0.25, 0.3) is 0 Å². The van der Waals surface area contributed by atoms with E-state index in [1.807, 2.05) is 30.3 Å². The number of carbonyl (C=O) groups excluding carboxylic acids is 1. The molecule has 5 N–H and O–H groups in total. The number of rotatable bonds is 11. The smallest absolute Gasteiger partial charge is 0.337 e. The van der Waals surface area contributed by atoms with Crippen molar-refractivity contribution in [2.24, 2.45) is 0 Å². The molecule has 0 aliphatic rings. The molecule has 4 rings (SSSR count). The van der Waals surface area contributed by atoms with Crippen molar-refractivity contribution in [3.8, 4) is 5.75 Å². The second-order valence-corrected chi connectivity index (χ2v) is 8.63. The van der Waals surface area contributed by atoms with Gasteiger partial charge in [0, 0.05) is 18.4 Å². The summed E-state index contributed by atoms with van der Waals surface area (Å²) in [6.45, 7) is 0.285. The van der Waals surface area contributed by atoms with Gasteiger partial charge in [-0.25, -0.2) is 18.6 Å². The SMILES string of the molecule is Nc1ccc(OC[C@H](Nc2ncccc2C(=O)NCCc2ccc(F)c(F)c2)c2ccccc2)cc1C(=O)O. The van der Waals surface area contributed by atoms with Crippen LogP contribution in [0.15, 0.2) is 85.1 Å². The average Bonchev–Trinajstić information content (AvgIpc) is 2.94. The maximum absolute atomic E-state index is 13.5. The molecule has 8 nitrogen and oxygen atoms in total. The lowest BCUT2D eigenvalue weighted by molar-refractivity contribution is 0.0697. The Morgan fingerprint density at radius 3 is 2.49 bits per heavy atom. The van der Waals surface area contributed by atoms with Gasteiger partial charge in [-0.15, -0.1) is 0 Å². The number of hydrogen-bond donors (Lipinski definition) is 4. The summed E-state index contributed by atoms with van der Waals surface area (Å²) in [7, 11) is 0. The van der Waals surface area contributed by atoms with Crippen LogP contribution in [0.4, 0.5) is 20.3 Å². The lowest BCUT2D eigenvalue weighted by Crippen LogP contribution is -2.28. The van der Waals surface area contributed by atoms with Gasteiger partial charge in [0.1, 0.15) is 18.2 Å². The zero-order chi connectivity index (χ0) is 27.8. The molecule has 0 aliphatic heterocycles. The van der Waals surface area contributed by atoms with Crippen molar-refractivity contribution < 1.29 is 28.2 Å². The molecule has 4 aromatic rings. The molecule has 0 radical (unpaired) electrons. The Balaban J connectivity index is 1.48. The van der Waals surface area contributed by atoms with Crippen molar-refractivity contribution in [3.63, 3.8) is 0 Å². The van der Waals surface area contributed by atoms with E-state index in [4.69, 9.17) is 10.5 Å². The topological polar surface area (TPSA) is 127 Å². The third kappa shape index (κ3) is 7.07. The van der Waals surface area contributed by atoms with Crippen LogP contribution in [0.3, 0.4) is 0 Å². The van der Waals surface area contributed by atoms with Crippen molar-refractivity contribution in [3.05, 3.63) is 119 Å². The van der Waals surface area contributed by atoms with Gasteiger partial charge in [-0.2, -0.15) is 0 Å². The molecule has 39 heavy (non-hydrogen) atoms. The van der Waals surface area contributed by atoms with Crippen LogP contribution in [0, 0.1) is 11.6 Å². The number of carboxylic acid groups (broad SMARTS) is 1. The fourth-order valence-electron chi connectivity index (χ4n) is 3.88. The van der Waals surface area contributed by atoms with Gasteiger partial charge < -0.3 is 26.2 Å². The second kappa shape index (κ2) is 12.5. The molecular weight excluding hydrogens is 506 g/mol. The first-order chi connectivity index (χ1) is 18.8. The number of nitrogens with zero attached hydrogens (tertiary/aromatic N) is 1. The number of aromatic carboxylic acids is 1. The highest BCUT2D eigenvalue weighted by molar-refractivity contribution is 5.98. The molecule has 0 spiro atoms. The lowest BCUT2D eigenvalue weighted by Gasteiger charge is -2.22. The van der Waals surface area contributed by atoms with E-state index in [2.05, 4.69) is 15.6 Å². The summed E-state index contributed by atoms with van der Waals surface area (Å²) < 4.78 is 32.5. The summed E-state index contributed by atoms with van der Waals surface area (Å²) in [6, 6.07) is 20.2. The summed E-state index contributed by atoms with van der Waals surface area (Å²) >= 11 is 0. The van der Waals surface area contributed by atoms with E-state index in [1.54, 1.807) is 24.4 Å². The number of hydrogen-bond acceptors (Lipinski definition) is 6. The van der Waals surface area contributed by atoms with E-state index < -0.39 is 29.6 Å². The summed E-state index contributed by atoms with van der Waals surface area (Å²) in [5.74, 6) is -2.80. The molecule has 200 valence electrons. The Labute approximate surface area is 223 Å². The molecule has 1 amide bonds. The first-order valence-electron chi connectivity index (χ1n) is 12.1. The maximum Gasteiger partial charge on any atom is 0.337 e. The molecule has 0 saturated heterocycles. The first kappa shape index (κ1) is 27.1. The number of aromatic nitrogens is 1. The van der Waals surface area contributed by atoms with Crippen LogP contribution < -0.4 is 21.1 Å². The minimum atomic E-state index is -1.16. The fraction of sp³-hybridized carbons (Fsp3) is 0.138. The van der Waals surface area contributed by atoms with Crippen LogP contribution in [0.2, 0.25) is 0 Å². The number of nitrogens with two attached hydrogens (primary N) is 1. The summed E-state index contributed by atoms with van der Waals surface area (Å²) in [6.07, 6.45) is 1.86. The van der Waals surface area contributed by atoms with Gasteiger partial charge in [-0.1, -0.05) is 36.4 Å². The summed E-state index contributed by atoms with van der Waals surface area (Å²) in [5, 5.41) is 15.4. The molecule has 0 bridgehead atoms. The van der Waals surface area contributed by atoms with E-state index in [0.29, 0.717) is 23.6 Å². The van der Waals surface area contributed by atoms with Gasteiger partial charge in [0.2, 0.25) is 0 Å². The van der Waals surface area contributed by atoms with E-state index in [-0.39, 0.29) is 30.0 Å². The Morgan fingerprint density at radius 2 is 1.74 bits per heavy atom. The number of carbonyl (C=O) groups is 2. The van der Waals surface area contributed by atoms with Gasteiger partial charge in [-0.05, 0) is 60.0 Å². The zero-order valence-corrected chi connectivity index (χ0v) is 20.7. The zero-order valence-electron chi connectivity index (χ0n) is 20.7. The number of halogens is 2. The number of benzene rings is 3. The molecule has 1 aromatic heterocycles. The van der Waals surface area contributed by atoms with E-state index in [0.717, 1.165) is 17.7 Å². The van der Waals surface area contributed by atoms with Crippen LogP contribution in [0.5, 0.6) is 5.75 Å². The van der Waals surface area contributed by atoms with Gasteiger partial charge in [0.25, 0.3) is 5.91 Å². The number of pyridine rings is 1. The number of nitrogens with one attached hydrogen (secondary N) is 2. The van der Waals surface area contributed by atoms with Crippen molar-refractivity contribution in [1.29, 1.82) is 0 Å². The maximum atomic E-state index is 13.5. The number of carboxylic acids is 1. The molecular formula is C29H26F2N4O4. The summed E-state index contributed by atoms with van der Waals surface area (Å²) in [5.41, 5.74) is 7.48. The lowest BCUT2D eigenvalue weighted by atomic mass is 10.1. The molecule has 1 heterocycles. The van der Waals surface area contributed by atoms with Crippen molar-refractivity contribution in [1.82, 2.24) is 10.3 Å². The quantitative estimate of drug-likeness (QED) is 0.204. The summed E-state index contributed by atoms with van der Waals surface area (Å²) in [4.78, 5) is 28.8. The Hall–Kier alpha value is -4.99. The van der Waals surface area contributed by atoms with Crippen molar-refractivity contribution >= 4 is 23.4 Å². The number of anilines is 2. The van der Waals surface area contributed by atoms with Crippen molar-refractivity contribution in [2.75, 3.05) is 24.2 Å². The minimum Gasteiger partial charge on any atom is -0.491 e. The highest BCUT2D eigenvalue weighted by atomic mass is 19.2. The van der Waals surface area contributed by atoms with E-state index >= 15 is 0 Å². The predicted molar refractivity (Wildman–Crippen MR) is 143 cm³/mol. The molecule has 10 heteroatoms. The average molecular weight is 533 g/mol. The third-order valence-corrected chi connectivity index (χ3v) is 5.92. The van der Waals surface area contributed by atoms with Crippen molar-refractivity contribution in [2.45, 2.75) is 12.5 Å². The van der Waals surface area contributed by atoms with Gasteiger partial charge in [0.15, 0.2) is 11.6 Å². The fourth-order valence-corrected chi connectivity index (χ4v) is 3.88. The molecule has 3 aromatic carbocycles. The largest absolute Gasteiger partial charge is 0.491 e. The van der Waals surface area contributed by atoms with Crippen LogP contribution >= 0.6 is 0 Å². The Kier molecular flexibility index (Phi) is 8.67. The number of ether oxygens (including phenoxy) is 1. The monoisotopic (exact) mass is 532 g/mol. The Bertz CT molecular complexity index is 1470. The standard InChI is InChI=1S/C29H26F2N4O4/c30-23-10-8-18(15-24(23)31)12-14-34-28(36)21-7-4-13-33-27(21)35-26(19-5-2-1-3-6-19)17-39-20-9-11-25(32)22(16-20)29(37)38/h1-11,13,15-16,26H,12,14,17,32H2,(H,33,35)(H,34,36)(H,37,38)/t26-/m0/s1. The molecule has 0 unspecified atom stereocenters. The van der Waals surface area contributed by atoms with Crippen LogP contribution in [0.1, 0.15) is 37.9 Å². The number of nitrogen functional groups attached to an aromatic ring is 1. The molecule has 0 saturated carbocycles. The normalized spacial score (nSPS) is 11.4. The number of amides is 1. The van der Waals surface area contributed by atoms with Gasteiger partial charge in [-0.3, -0.25) is 4.79 Å². The third-order valence-electron chi connectivity index (χ3n) is 5.92. The highest BCUT2D eigenvalue weighted by Crippen LogP contribution is 2.25. The Morgan fingerprint density at radius 1 is 0.949 bits per heavy atom. The van der Waals surface area contributed by atoms with Crippen LogP contribution in [-0.2, 0) is 6.42 Å². The minimum absolute atomic E-state index is 0.0659.